The Hall–Kier alpha value is -3.32. The molecular formula is C30H33FN6O3S2. The van der Waals surface area contributed by atoms with Gasteiger partial charge in [0.1, 0.15) is 33.7 Å². The van der Waals surface area contributed by atoms with Crippen LogP contribution in [-0.2, 0) is 18.4 Å². The maximum absolute atomic E-state index is 13.6. The van der Waals surface area contributed by atoms with Gasteiger partial charge >= 0.3 is 0 Å². The van der Waals surface area contributed by atoms with Gasteiger partial charge in [0.05, 0.1) is 17.2 Å². The van der Waals surface area contributed by atoms with E-state index in [4.69, 9.17) is 9.72 Å². The number of likely N-dealkylation sites (tertiary alicyclic amines) is 1. The van der Waals surface area contributed by atoms with Gasteiger partial charge in [-0.15, -0.1) is 16.1 Å². The molecule has 1 aromatic carbocycles. The SMILES string of the molecule is CC(N[S+]([O-])C(C)(C)C)c1cc(OC2[C@H]3CN(C(=O)c4cc(-c5cscn5)nn4C)C[C@@H]23)nc(-c2ccc(F)cc2)c1. The number of aromatic nitrogens is 4. The van der Waals surface area contributed by atoms with E-state index in [-0.39, 0.29) is 35.7 Å². The smallest absolute Gasteiger partial charge is 0.272 e. The fraction of sp³-hybridized carbons (Fsp3) is 0.400. The lowest BCUT2D eigenvalue weighted by molar-refractivity contribution is 0.0740. The third-order valence-corrected chi connectivity index (χ3v) is 10.0. The van der Waals surface area contributed by atoms with Crippen LogP contribution >= 0.6 is 11.3 Å². The van der Waals surface area contributed by atoms with Crippen LogP contribution in [0.5, 0.6) is 5.88 Å². The number of piperidine rings is 1. The Balaban J connectivity index is 1.16. The van der Waals surface area contributed by atoms with E-state index < -0.39 is 16.1 Å². The zero-order valence-corrected chi connectivity index (χ0v) is 25.7. The minimum atomic E-state index is -1.27. The van der Waals surface area contributed by atoms with Gasteiger partial charge in [0, 0.05) is 60.3 Å². The molecule has 6 rings (SSSR count). The number of amides is 1. The Bertz CT molecular complexity index is 1580. The highest BCUT2D eigenvalue weighted by molar-refractivity contribution is 7.90. The number of nitrogens with one attached hydrogen (secondary N) is 1. The van der Waals surface area contributed by atoms with Crippen molar-refractivity contribution >= 4 is 28.6 Å². The molecule has 2 aliphatic rings. The van der Waals surface area contributed by atoms with E-state index >= 15 is 0 Å². The number of ether oxygens (including phenoxy) is 1. The fourth-order valence-electron chi connectivity index (χ4n) is 5.26. The molecule has 0 bridgehead atoms. The van der Waals surface area contributed by atoms with Gasteiger partial charge in [-0.05, 0) is 69.7 Å². The zero-order chi connectivity index (χ0) is 29.8. The molecule has 3 aromatic heterocycles. The van der Waals surface area contributed by atoms with E-state index in [2.05, 4.69) is 14.8 Å². The third-order valence-electron chi connectivity index (χ3n) is 7.76. The first kappa shape index (κ1) is 28.8. The van der Waals surface area contributed by atoms with Crippen molar-refractivity contribution in [2.45, 2.75) is 44.6 Å². The monoisotopic (exact) mass is 608 g/mol. The van der Waals surface area contributed by atoms with Crippen LogP contribution in [0.15, 0.2) is 53.4 Å². The largest absolute Gasteiger partial charge is 0.598 e. The van der Waals surface area contributed by atoms with Crippen LogP contribution in [0, 0.1) is 17.7 Å². The molecule has 3 unspecified atom stereocenters. The number of hydrogen-bond donors (Lipinski definition) is 1. The number of halogens is 1. The number of pyridine rings is 1. The summed E-state index contributed by atoms with van der Waals surface area (Å²) in [7, 11) is 1.77. The number of hydrogen-bond acceptors (Lipinski definition) is 8. The summed E-state index contributed by atoms with van der Waals surface area (Å²) in [5.74, 6) is 0.506. The predicted molar refractivity (Wildman–Crippen MR) is 161 cm³/mol. The van der Waals surface area contributed by atoms with Gasteiger partial charge in [0.25, 0.3) is 5.91 Å². The van der Waals surface area contributed by atoms with Gasteiger partial charge in [-0.2, -0.15) is 5.10 Å². The van der Waals surface area contributed by atoms with Crippen LogP contribution in [0.25, 0.3) is 22.6 Å². The van der Waals surface area contributed by atoms with E-state index in [1.807, 2.05) is 50.1 Å². The van der Waals surface area contributed by atoms with Crippen LogP contribution in [0.1, 0.15) is 49.8 Å². The molecule has 1 saturated heterocycles. The van der Waals surface area contributed by atoms with Crippen molar-refractivity contribution in [2.75, 3.05) is 13.1 Å². The minimum absolute atomic E-state index is 0.0529. The van der Waals surface area contributed by atoms with Gasteiger partial charge < -0.3 is 14.2 Å². The van der Waals surface area contributed by atoms with Crippen molar-refractivity contribution in [3.05, 3.63) is 70.4 Å². The van der Waals surface area contributed by atoms with Crippen molar-refractivity contribution in [3.8, 4) is 28.5 Å². The second kappa shape index (κ2) is 11.1. The number of rotatable bonds is 8. The van der Waals surface area contributed by atoms with E-state index in [1.54, 1.807) is 35.4 Å². The van der Waals surface area contributed by atoms with E-state index in [9.17, 15) is 13.7 Å². The lowest BCUT2D eigenvalue weighted by Gasteiger charge is -2.27. The summed E-state index contributed by atoms with van der Waals surface area (Å²) in [6.07, 6.45) is -0.0538. The molecule has 4 aromatic rings. The molecular weight excluding hydrogens is 576 g/mol. The molecule has 1 N–H and O–H groups in total. The summed E-state index contributed by atoms with van der Waals surface area (Å²) in [6.45, 7) is 8.90. The average Bonchev–Trinajstić information content (AvgIpc) is 3.45. The molecule has 220 valence electrons. The summed E-state index contributed by atoms with van der Waals surface area (Å²) in [4.78, 5) is 24.2. The fourth-order valence-corrected chi connectivity index (χ4v) is 6.61. The lowest BCUT2D eigenvalue weighted by atomic mass is 10.1. The molecule has 1 aliphatic carbocycles. The van der Waals surface area contributed by atoms with Crippen molar-refractivity contribution in [1.82, 2.24) is 29.4 Å². The second-order valence-electron chi connectivity index (χ2n) is 11.9. The van der Waals surface area contributed by atoms with Crippen molar-refractivity contribution in [2.24, 2.45) is 18.9 Å². The molecule has 12 heteroatoms. The molecule has 0 radical (unpaired) electrons. The topological polar surface area (TPSA) is 108 Å². The van der Waals surface area contributed by atoms with Crippen LogP contribution < -0.4 is 9.46 Å². The summed E-state index contributed by atoms with van der Waals surface area (Å²) in [5.41, 5.74) is 6.00. The van der Waals surface area contributed by atoms with Crippen LogP contribution in [-0.4, -0.2) is 59.0 Å². The molecule has 0 spiro atoms. The number of aryl methyl sites for hydroxylation is 1. The minimum Gasteiger partial charge on any atom is -0.598 e. The van der Waals surface area contributed by atoms with Gasteiger partial charge in [-0.1, -0.05) is 0 Å². The highest BCUT2D eigenvalue weighted by atomic mass is 32.2. The number of nitrogens with zero attached hydrogens (tertiary/aromatic N) is 5. The first-order valence-corrected chi connectivity index (χ1v) is 15.9. The van der Waals surface area contributed by atoms with E-state index in [1.165, 1.54) is 23.5 Å². The highest BCUT2D eigenvalue weighted by Gasteiger charge is 2.59. The second-order valence-corrected chi connectivity index (χ2v) is 14.6. The van der Waals surface area contributed by atoms with Crippen LogP contribution in [0.2, 0.25) is 0 Å². The number of carbonyl (C=O) groups is 1. The summed E-state index contributed by atoms with van der Waals surface area (Å²) >= 11 is 0.217. The van der Waals surface area contributed by atoms with Gasteiger partial charge in [0.15, 0.2) is 0 Å². The number of benzene rings is 1. The van der Waals surface area contributed by atoms with Crippen LogP contribution in [0.4, 0.5) is 4.39 Å². The summed E-state index contributed by atoms with van der Waals surface area (Å²) < 4.78 is 37.2. The molecule has 4 heterocycles. The molecule has 2 fully saturated rings. The van der Waals surface area contributed by atoms with Gasteiger partial charge in [0.2, 0.25) is 5.88 Å². The molecule has 1 aliphatic heterocycles. The van der Waals surface area contributed by atoms with Crippen molar-refractivity contribution < 1.29 is 18.5 Å². The van der Waals surface area contributed by atoms with Crippen LogP contribution in [0.3, 0.4) is 0 Å². The first-order chi connectivity index (χ1) is 20.0. The molecule has 1 amide bonds. The maximum Gasteiger partial charge on any atom is 0.272 e. The Morgan fingerprint density at radius 3 is 2.50 bits per heavy atom. The summed E-state index contributed by atoms with van der Waals surface area (Å²) in [6, 6.07) is 11.5. The third kappa shape index (κ3) is 5.81. The van der Waals surface area contributed by atoms with Gasteiger partial charge in [-0.3, -0.25) is 9.48 Å². The standard InChI is InChI=1S/C30H33FN6O3S2/c1-17(35-42(39)30(2,3)4)19-10-23(18-6-8-20(31)9-7-18)33-27(11-19)40-28-21-13-37(14-22(21)28)29(38)26-12-24(34-36(26)5)25-15-41-16-32-25/h6-12,15-17,21-22,28,35H,13-14H2,1-5H3/t17?,21-,22+,28?,42?. The summed E-state index contributed by atoms with van der Waals surface area (Å²) in [5, 5.41) is 6.39. The van der Waals surface area contributed by atoms with Crippen molar-refractivity contribution in [1.29, 1.82) is 0 Å². The number of fused-ring (bicyclic) bond motifs is 1. The molecule has 42 heavy (non-hydrogen) atoms. The molecule has 9 nitrogen and oxygen atoms in total. The Labute approximate surface area is 251 Å². The Morgan fingerprint density at radius 1 is 1.14 bits per heavy atom. The predicted octanol–water partition coefficient (Wildman–Crippen LogP) is 5.01. The van der Waals surface area contributed by atoms with E-state index in [0.717, 1.165) is 16.8 Å². The Morgan fingerprint density at radius 2 is 1.86 bits per heavy atom. The zero-order valence-electron chi connectivity index (χ0n) is 24.1. The molecule has 1 saturated carbocycles. The van der Waals surface area contributed by atoms with Crippen molar-refractivity contribution in [3.63, 3.8) is 0 Å². The normalized spacial score (nSPS) is 21.2. The number of thiazole rings is 1. The highest BCUT2D eigenvalue weighted by Crippen LogP contribution is 2.48. The van der Waals surface area contributed by atoms with Gasteiger partial charge in [-0.25, -0.2) is 14.4 Å². The quantitative estimate of drug-likeness (QED) is 0.280. The Kier molecular flexibility index (Phi) is 7.58. The average molecular weight is 609 g/mol. The molecule has 5 atom stereocenters. The lowest BCUT2D eigenvalue weighted by Crippen LogP contribution is -2.40. The maximum atomic E-state index is 13.6. The van der Waals surface area contributed by atoms with E-state index in [0.29, 0.717) is 36.1 Å². The first-order valence-electron chi connectivity index (χ1n) is 13.8. The number of carbonyl (C=O) groups excluding carboxylic acids is 1.